The second-order valence-corrected chi connectivity index (χ2v) is 12.3. The first-order valence-electron chi connectivity index (χ1n) is 14.5. The molecule has 2 aliphatic heterocycles. The van der Waals surface area contributed by atoms with Gasteiger partial charge in [0.25, 0.3) is 0 Å². The smallest absolute Gasteiger partial charge is 0.319 e. The lowest BCUT2D eigenvalue weighted by Crippen LogP contribution is -2.55. The molecule has 3 atom stereocenters. The van der Waals surface area contributed by atoms with Crippen molar-refractivity contribution in [1.82, 2.24) is 19.8 Å². The van der Waals surface area contributed by atoms with Crippen LogP contribution in [0.4, 0.5) is 5.82 Å². The number of hydrogen-bond donors (Lipinski definition) is 0. The molecule has 2 saturated heterocycles. The number of likely N-dealkylation sites (tertiary alicyclic amines) is 1. The first-order valence-corrected chi connectivity index (χ1v) is 15.3. The Balaban J connectivity index is 1.46. The van der Waals surface area contributed by atoms with Gasteiger partial charge in [0.1, 0.15) is 23.9 Å². The molecule has 0 N–H and O–H groups in total. The summed E-state index contributed by atoms with van der Waals surface area (Å²) in [7, 11) is 3.73. The minimum atomic E-state index is -0.310. The minimum absolute atomic E-state index is 0.0380. The number of ketones is 1. The number of methoxy groups -OCH3 is 1. The summed E-state index contributed by atoms with van der Waals surface area (Å²) in [5.41, 5.74) is 2.30. The highest BCUT2D eigenvalue weighted by Crippen LogP contribution is 2.39. The fraction of sp³-hybridized carbons (Fsp3) is 0.516. The summed E-state index contributed by atoms with van der Waals surface area (Å²) in [6.45, 7) is 8.50. The summed E-state index contributed by atoms with van der Waals surface area (Å²) < 4.78 is 11.6. The van der Waals surface area contributed by atoms with E-state index in [0.29, 0.717) is 50.6 Å². The van der Waals surface area contributed by atoms with Gasteiger partial charge in [-0.2, -0.15) is 15.2 Å². The number of rotatable bonds is 9. The van der Waals surface area contributed by atoms with Crippen LogP contribution in [0.2, 0.25) is 0 Å². The standard InChI is InChI=1S/C31H38N6O4S/c1-5-27(38)37-16-15-36(18-21(37)12-13-32)30-24-10-11-25(42-26-17-23(40-4)9-8-20(26)2)29(39)28(24)33-31(34-30)41-19-22-7-6-14-35(22)3/h5,8-9,17,21-22,25H,1,6-7,10-12,14-16,18-19H2,2-4H3/t21?,22?,25-/m1/s1. The van der Waals surface area contributed by atoms with Crippen LogP contribution < -0.4 is 14.4 Å². The molecular weight excluding hydrogens is 552 g/mol. The van der Waals surface area contributed by atoms with Gasteiger partial charge in [0.05, 0.1) is 30.9 Å². The second-order valence-electron chi connectivity index (χ2n) is 11.1. The monoisotopic (exact) mass is 590 g/mol. The van der Waals surface area contributed by atoms with E-state index in [2.05, 4.69) is 29.5 Å². The molecule has 1 aromatic heterocycles. The Morgan fingerprint density at radius 1 is 1.24 bits per heavy atom. The molecule has 11 heteroatoms. The van der Waals surface area contributed by atoms with Gasteiger partial charge in [0, 0.05) is 36.1 Å². The van der Waals surface area contributed by atoms with Crippen molar-refractivity contribution in [2.24, 2.45) is 0 Å². The molecule has 0 saturated carbocycles. The van der Waals surface area contributed by atoms with Crippen LogP contribution in [-0.4, -0.2) is 95.7 Å². The molecule has 2 unspecified atom stereocenters. The number of nitrogens with zero attached hydrogens (tertiary/aromatic N) is 6. The van der Waals surface area contributed by atoms with E-state index in [0.717, 1.165) is 41.2 Å². The number of fused-ring (bicyclic) bond motifs is 1. The number of piperazine rings is 1. The minimum Gasteiger partial charge on any atom is -0.497 e. The number of thioether (sulfide) groups is 1. The molecule has 2 fully saturated rings. The summed E-state index contributed by atoms with van der Waals surface area (Å²) in [6, 6.07) is 8.27. The van der Waals surface area contributed by atoms with Crippen molar-refractivity contribution in [2.45, 2.75) is 61.3 Å². The maximum absolute atomic E-state index is 14.0. The number of ether oxygens (including phenoxy) is 2. The number of amides is 1. The molecular formula is C31H38N6O4S. The Morgan fingerprint density at radius 3 is 2.79 bits per heavy atom. The summed E-state index contributed by atoms with van der Waals surface area (Å²) in [5, 5.41) is 9.18. The van der Waals surface area contributed by atoms with Crippen molar-refractivity contribution in [3.05, 3.63) is 47.7 Å². The van der Waals surface area contributed by atoms with Crippen molar-refractivity contribution in [3.8, 4) is 17.8 Å². The van der Waals surface area contributed by atoms with Crippen LogP contribution >= 0.6 is 11.8 Å². The van der Waals surface area contributed by atoms with E-state index >= 15 is 0 Å². The largest absolute Gasteiger partial charge is 0.497 e. The van der Waals surface area contributed by atoms with Crippen LogP contribution in [0.1, 0.15) is 47.3 Å². The molecule has 1 amide bonds. The lowest BCUT2D eigenvalue weighted by molar-refractivity contribution is -0.128. The van der Waals surface area contributed by atoms with Gasteiger partial charge in [-0.1, -0.05) is 12.6 Å². The Kier molecular flexibility index (Phi) is 9.34. The third kappa shape index (κ3) is 6.25. The lowest BCUT2D eigenvalue weighted by Gasteiger charge is -2.41. The van der Waals surface area contributed by atoms with Crippen molar-refractivity contribution >= 4 is 29.3 Å². The highest BCUT2D eigenvalue weighted by atomic mass is 32.2. The molecule has 0 spiro atoms. The van der Waals surface area contributed by atoms with E-state index in [1.165, 1.54) is 6.08 Å². The zero-order chi connectivity index (χ0) is 29.8. The van der Waals surface area contributed by atoms with E-state index in [9.17, 15) is 14.9 Å². The number of benzene rings is 1. The molecule has 1 aliphatic carbocycles. The molecule has 10 nitrogen and oxygen atoms in total. The van der Waals surface area contributed by atoms with Crippen molar-refractivity contribution in [1.29, 1.82) is 5.26 Å². The fourth-order valence-electron chi connectivity index (χ4n) is 5.97. The number of hydrogen-bond acceptors (Lipinski definition) is 10. The van der Waals surface area contributed by atoms with Crippen molar-refractivity contribution in [3.63, 3.8) is 0 Å². The lowest BCUT2D eigenvalue weighted by atomic mass is 9.94. The number of aryl methyl sites for hydroxylation is 1. The second kappa shape index (κ2) is 13.1. The molecule has 2 aromatic rings. The molecule has 42 heavy (non-hydrogen) atoms. The van der Waals surface area contributed by atoms with E-state index in [1.54, 1.807) is 23.8 Å². The number of anilines is 1. The number of carbonyl (C=O) groups excluding carboxylic acids is 2. The zero-order valence-electron chi connectivity index (χ0n) is 24.5. The third-order valence-corrected chi connectivity index (χ3v) is 9.88. The first-order chi connectivity index (χ1) is 20.3. The highest BCUT2D eigenvalue weighted by molar-refractivity contribution is 8.00. The van der Waals surface area contributed by atoms with E-state index in [-0.39, 0.29) is 41.5 Å². The van der Waals surface area contributed by atoms with Crippen LogP contribution in [0.25, 0.3) is 0 Å². The van der Waals surface area contributed by atoms with Crippen LogP contribution in [0.15, 0.2) is 35.7 Å². The SMILES string of the molecule is C=CC(=O)N1CCN(c2nc(OCC3CCCN3C)nc3c2CC[C@@H](Sc2cc(OC)ccc2C)C3=O)CC1CC#N. The Morgan fingerprint density at radius 2 is 2.07 bits per heavy atom. The quantitative estimate of drug-likeness (QED) is 0.401. The van der Waals surface area contributed by atoms with Crippen LogP contribution in [0.5, 0.6) is 11.8 Å². The van der Waals surface area contributed by atoms with Gasteiger partial charge in [-0.25, -0.2) is 0 Å². The van der Waals surface area contributed by atoms with Crippen LogP contribution in [0, 0.1) is 18.3 Å². The molecule has 0 radical (unpaired) electrons. The molecule has 0 bridgehead atoms. The van der Waals surface area contributed by atoms with Gasteiger partial charge in [-0.15, -0.1) is 11.8 Å². The van der Waals surface area contributed by atoms with Gasteiger partial charge >= 0.3 is 6.01 Å². The Bertz CT molecular complexity index is 1390. The number of aromatic nitrogens is 2. The van der Waals surface area contributed by atoms with Gasteiger partial charge in [-0.3, -0.25) is 9.59 Å². The highest BCUT2D eigenvalue weighted by Gasteiger charge is 2.37. The average Bonchev–Trinajstić information content (AvgIpc) is 3.42. The van der Waals surface area contributed by atoms with Gasteiger partial charge in [-0.05, 0) is 70.0 Å². The summed E-state index contributed by atoms with van der Waals surface area (Å²) in [6.07, 6.45) is 4.93. The number of likely N-dealkylation sites (N-methyl/N-ethyl adjacent to an activating group) is 1. The average molecular weight is 591 g/mol. The summed E-state index contributed by atoms with van der Waals surface area (Å²) >= 11 is 1.55. The number of nitriles is 1. The molecule has 3 heterocycles. The van der Waals surface area contributed by atoms with E-state index in [1.807, 2.05) is 25.1 Å². The molecule has 3 aliphatic rings. The predicted octanol–water partition coefficient (Wildman–Crippen LogP) is 3.67. The van der Waals surface area contributed by atoms with Crippen molar-refractivity contribution < 1.29 is 19.1 Å². The summed E-state index contributed by atoms with van der Waals surface area (Å²) in [5.74, 6) is 1.19. The molecule has 222 valence electrons. The maximum atomic E-state index is 14.0. The molecule has 5 rings (SSSR count). The zero-order valence-corrected chi connectivity index (χ0v) is 25.4. The first kappa shape index (κ1) is 29.9. The van der Waals surface area contributed by atoms with Crippen LogP contribution in [0.3, 0.4) is 0 Å². The van der Waals surface area contributed by atoms with Gasteiger partial charge in [0.15, 0.2) is 5.78 Å². The fourth-order valence-corrected chi connectivity index (χ4v) is 7.17. The van der Waals surface area contributed by atoms with Crippen molar-refractivity contribution in [2.75, 3.05) is 51.8 Å². The maximum Gasteiger partial charge on any atom is 0.319 e. The Hall–Kier alpha value is -3.62. The predicted molar refractivity (Wildman–Crippen MR) is 161 cm³/mol. The summed E-state index contributed by atoms with van der Waals surface area (Å²) in [4.78, 5) is 43.1. The van der Waals surface area contributed by atoms with Gasteiger partial charge in [0.2, 0.25) is 5.91 Å². The van der Waals surface area contributed by atoms with Gasteiger partial charge < -0.3 is 24.2 Å². The Labute approximate surface area is 251 Å². The van der Waals surface area contributed by atoms with E-state index < -0.39 is 0 Å². The molecule has 1 aromatic carbocycles. The third-order valence-electron chi connectivity index (χ3n) is 8.45. The van der Waals surface area contributed by atoms with E-state index in [4.69, 9.17) is 19.4 Å². The number of Topliss-reactive ketones (excluding diaryl/α,β-unsaturated/α-hetero) is 1. The normalized spacial score (nSPS) is 22.4. The van der Waals surface area contributed by atoms with Crippen LogP contribution in [-0.2, 0) is 11.2 Å². The number of carbonyl (C=O) groups is 2. The topological polar surface area (TPSA) is 112 Å².